The van der Waals surface area contributed by atoms with Crippen molar-refractivity contribution in [1.29, 1.82) is 0 Å². The lowest BCUT2D eigenvalue weighted by Gasteiger charge is -2.07. The Balaban J connectivity index is 2.39. The molecule has 0 aliphatic rings. The van der Waals surface area contributed by atoms with E-state index in [1.807, 2.05) is 0 Å². The number of hydrogen-bond acceptors (Lipinski definition) is 5. The Bertz CT molecular complexity index is 401. The number of carbonyl (C=O) groups is 1. The van der Waals surface area contributed by atoms with E-state index >= 15 is 0 Å². The van der Waals surface area contributed by atoms with Crippen LogP contribution in [0, 0.1) is 0 Å². The van der Waals surface area contributed by atoms with E-state index in [0.29, 0.717) is 29.9 Å². The largest absolute Gasteiger partial charge is 0.370 e. The van der Waals surface area contributed by atoms with E-state index in [1.165, 1.54) is 0 Å². The maximum Gasteiger partial charge on any atom is 0.243 e. The number of nitrogens with one attached hydrogen (secondary N) is 1. The van der Waals surface area contributed by atoms with Crippen molar-refractivity contribution in [2.24, 2.45) is 5.73 Å². The summed E-state index contributed by atoms with van der Waals surface area (Å²) in [6, 6.07) is 1.65. The van der Waals surface area contributed by atoms with Gasteiger partial charge in [0.1, 0.15) is 23.4 Å². The first-order valence-corrected chi connectivity index (χ1v) is 6.13. The quantitative estimate of drug-likeness (QED) is 0.544. The lowest BCUT2D eigenvalue weighted by Crippen LogP contribution is -2.20. The number of halogens is 1. The molecule has 0 aromatic carbocycles. The van der Waals surface area contributed by atoms with Crippen molar-refractivity contribution in [2.45, 2.75) is 19.8 Å². The lowest BCUT2D eigenvalue weighted by atomic mass is 10.3. The van der Waals surface area contributed by atoms with Crippen LogP contribution in [0.5, 0.6) is 0 Å². The van der Waals surface area contributed by atoms with Gasteiger partial charge in [-0.1, -0.05) is 18.5 Å². The molecule has 0 radical (unpaired) electrons. The summed E-state index contributed by atoms with van der Waals surface area (Å²) in [5.41, 5.74) is 4.94. The summed E-state index contributed by atoms with van der Waals surface area (Å²) in [4.78, 5) is 18.8. The van der Waals surface area contributed by atoms with Gasteiger partial charge in [-0.05, 0) is 6.42 Å². The number of carbonyl (C=O) groups excluding carboxylic acids is 1. The first-order chi connectivity index (χ1) is 8.61. The molecule has 1 aromatic rings. The van der Waals surface area contributed by atoms with Gasteiger partial charge in [0.15, 0.2) is 0 Å². The fourth-order valence-corrected chi connectivity index (χ4v) is 1.52. The summed E-state index contributed by atoms with van der Waals surface area (Å²) >= 11 is 5.88. The van der Waals surface area contributed by atoms with Gasteiger partial charge in [0.05, 0.1) is 6.61 Å². The summed E-state index contributed by atoms with van der Waals surface area (Å²) in [7, 11) is 0. The molecular weight excluding hydrogens is 256 g/mol. The SMILES string of the molecule is CCCc1nc(Cl)cc(NCCOCC(N)=O)n1. The molecule has 0 aliphatic carbocycles. The maximum absolute atomic E-state index is 10.4. The summed E-state index contributed by atoms with van der Waals surface area (Å²) < 4.78 is 5.01. The van der Waals surface area contributed by atoms with Crippen molar-refractivity contribution >= 4 is 23.3 Å². The predicted molar refractivity (Wildman–Crippen MR) is 69.5 cm³/mol. The van der Waals surface area contributed by atoms with E-state index in [9.17, 15) is 4.79 Å². The first-order valence-electron chi connectivity index (χ1n) is 5.75. The van der Waals surface area contributed by atoms with Crippen molar-refractivity contribution in [3.63, 3.8) is 0 Å². The van der Waals surface area contributed by atoms with Crippen LogP contribution in [0.25, 0.3) is 0 Å². The molecule has 0 spiro atoms. The van der Waals surface area contributed by atoms with E-state index in [2.05, 4.69) is 22.2 Å². The number of hydrogen-bond donors (Lipinski definition) is 2. The van der Waals surface area contributed by atoms with Crippen LogP contribution in [-0.2, 0) is 16.0 Å². The van der Waals surface area contributed by atoms with Crippen LogP contribution in [0.4, 0.5) is 5.82 Å². The van der Waals surface area contributed by atoms with E-state index in [0.717, 1.165) is 12.8 Å². The Morgan fingerprint density at radius 3 is 3.00 bits per heavy atom. The van der Waals surface area contributed by atoms with E-state index in [4.69, 9.17) is 22.1 Å². The first kappa shape index (κ1) is 14.7. The van der Waals surface area contributed by atoms with Crippen LogP contribution >= 0.6 is 11.6 Å². The molecule has 6 nitrogen and oxygen atoms in total. The van der Waals surface area contributed by atoms with Gasteiger partial charge in [-0.3, -0.25) is 4.79 Å². The summed E-state index contributed by atoms with van der Waals surface area (Å²) in [5.74, 6) is 0.886. The molecule has 0 atom stereocenters. The van der Waals surface area contributed by atoms with Crippen molar-refractivity contribution in [1.82, 2.24) is 9.97 Å². The van der Waals surface area contributed by atoms with Gasteiger partial charge in [-0.2, -0.15) is 0 Å². The van der Waals surface area contributed by atoms with Crippen LogP contribution in [0.3, 0.4) is 0 Å². The average molecular weight is 273 g/mol. The topological polar surface area (TPSA) is 90.1 Å². The van der Waals surface area contributed by atoms with Crippen molar-refractivity contribution in [3.05, 3.63) is 17.0 Å². The number of aromatic nitrogens is 2. The number of aryl methyl sites for hydroxylation is 1. The van der Waals surface area contributed by atoms with Crippen LogP contribution in [0.1, 0.15) is 19.2 Å². The third kappa shape index (κ3) is 5.79. The standard InChI is InChI=1S/C11H17ClN4O2/c1-2-3-10-15-8(12)6-11(16-10)14-4-5-18-7-9(13)17/h6H,2-5,7H2,1H3,(H2,13,17)(H,14,15,16). The number of ether oxygens (including phenoxy) is 1. The molecule has 7 heteroatoms. The highest BCUT2D eigenvalue weighted by molar-refractivity contribution is 6.29. The van der Waals surface area contributed by atoms with Gasteiger partial charge in [-0.15, -0.1) is 0 Å². The minimum absolute atomic E-state index is 0.0761. The van der Waals surface area contributed by atoms with Crippen molar-refractivity contribution in [2.75, 3.05) is 25.1 Å². The molecule has 0 saturated carbocycles. The minimum atomic E-state index is -0.481. The van der Waals surface area contributed by atoms with Crippen LogP contribution in [0.2, 0.25) is 5.15 Å². The second-order valence-electron chi connectivity index (χ2n) is 3.69. The molecule has 1 amide bonds. The normalized spacial score (nSPS) is 10.3. The van der Waals surface area contributed by atoms with Crippen LogP contribution in [-0.4, -0.2) is 35.6 Å². The predicted octanol–water partition coefficient (Wildman–Crippen LogP) is 0.996. The van der Waals surface area contributed by atoms with Crippen LogP contribution in [0.15, 0.2) is 6.07 Å². The molecule has 0 fully saturated rings. The molecule has 0 unspecified atom stereocenters. The highest BCUT2D eigenvalue weighted by atomic mass is 35.5. The second-order valence-corrected chi connectivity index (χ2v) is 4.08. The van der Waals surface area contributed by atoms with E-state index < -0.39 is 5.91 Å². The Labute approximate surface area is 111 Å². The zero-order chi connectivity index (χ0) is 13.4. The van der Waals surface area contributed by atoms with Gasteiger partial charge in [0.2, 0.25) is 5.91 Å². The Morgan fingerprint density at radius 1 is 1.56 bits per heavy atom. The molecule has 0 aliphatic heterocycles. The Kier molecular flexibility index (Phi) is 6.38. The van der Waals surface area contributed by atoms with E-state index in [-0.39, 0.29) is 6.61 Å². The molecule has 1 aromatic heterocycles. The van der Waals surface area contributed by atoms with Gasteiger partial charge in [0, 0.05) is 19.0 Å². The number of primary amides is 1. The number of anilines is 1. The summed E-state index contributed by atoms with van der Waals surface area (Å²) in [6.07, 6.45) is 1.74. The Hall–Kier alpha value is -1.40. The number of nitrogens with zero attached hydrogens (tertiary/aromatic N) is 2. The van der Waals surface area contributed by atoms with Gasteiger partial charge < -0.3 is 15.8 Å². The van der Waals surface area contributed by atoms with Crippen LogP contribution < -0.4 is 11.1 Å². The molecule has 1 heterocycles. The van der Waals surface area contributed by atoms with Crippen molar-refractivity contribution < 1.29 is 9.53 Å². The highest BCUT2D eigenvalue weighted by Gasteiger charge is 2.02. The average Bonchev–Trinajstić information content (AvgIpc) is 2.28. The third-order valence-corrected chi connectivity index (χ3v) is 2.21. The Morgan fingerprint density at radius 2 is 2.33 bits per heavy atom. The molecule has 1 rings (SSSR count). The zero-order valence-electron chi connectivity index (χ0n) is 10.3. The molecular formula is C11H17ClN4O2. The van der Waals surface area contributed by atoms with E-state index in [1.54, 1.807) is 6.07 Å². The highest BCUT2D eigenvalue weighted by Crippen LogP contribution is 2.12. The zero-order valence-corrected chi connectivity index (χ0v) is 11.0. The molecule has 18 heavy (non-hydrogen) atoms. The monoisotopic (exact) mass is 272 g/mol. The molecule has 3 N–H and O–H groups in total. The fraction of sp³-hybridized carbons (Fsp3) is 0.545. The molecule has 100 valence electrons. The third-order valence-electron chi connectivity index (χ3n) is 2.01. The smallest absolute Gasteiger partial charge is 0.243 e. The summed E-state index contributed by atoms with van der Waals surface area (Å²) in [6.45, 7) is 2.86. The number of amides is 1. The van der Waals surface area contributed by atoms with Gasteiger partial charge in [0.25, 0.3) is 0 Å². The van der Waals surface area contributed by atoms with Gasteiger partial charge >= 0.3 is 0 Å². The number of rotatable bonds is 8. The maximum atomic E-state index is 10.4. The minimum Gasteiger partial charge on any atom is -0.370 e. The van der Waals surface area contributed by atoms with Gasteiger partial charge in [-0.25, -0.2) is 9.97 Å². The second kappa shape index (κ2) is 7.84. The molecule has 0 saturated heterocycles. The lowest BCUT2D eigenvalue weighted by molar-refractivity contribution is -0.122. The number of nitrogens with two attached hydrogens (primary N) is 1. The summed E-state index contributed by atoms with van der Waals surface area (Å²) in [5, 5.41) is 3.46. The fourth-order valence-electron chi connectivity index (χ4n) is 1.31. The van der Waals surface area contributed by atoms with Crippen molar-refractivity contribution in [3.8, 4) is 0 Å². The molecule has 0 bridgehead atoms.